The van der Waals surface area contributed by atoms with Gasteiger partial charge in [-0.3, -0.25) is 0 Å². The van der Waals surface area contributed by atoms with Gasteiger partial charge in [0.05, 0.1) is 4.90 Å². The van der Waals surface area contributed by atoms with E-state index in [0.717, 1.165) is 22.9 Å². The predicted molar refractivity (Wildman–Crippen MR) is 65.9 cm³/mol. The first kappa shape index (κ1) is 12.1. The number of halogens is 1. The molecule has 2 rings (SSSR count). The van der Waals surface area contributed by atoms with Gasteiger partial charge in [-0.2, -0.15) is 0 Å². The van der Waals surface area contributed by atoms with Crippen LogP contribution in [-0.4, -0.2) is 8.42 Å². The van der Waals surface area contributed by atoms with Gasteiger partial charge in [0, 0.05) is 15.7 Å². The van der Waals surface area contributed by atoms with Crippen molar-refractivity contribution >= 4 is 19.7 Å². The van der Waals surface area contributed by atoms with Gasteiger partial charge in [-0.25, -0.2) is 12.8 Å². The Labute approximate surface area is 103 Å². The van der Waals surface area contributed by atoms with E-state index >= 15 is 0 Å². The molecule has 0 amide bonds. The zero-order valence-corrected chi connectivity index (χ0v) is 10.3. The fourth-order valence-corrected chi connectivity index (χ4v) is 4.05. The van der Waals surface area contributed by atoms with Crippen LogP contribution in [-0.2, 0) is 8.87 Å². The van der Waals surface area contributed by atoms with Gasteiger partial charge in [0.1, 0.15) is 5.82 Å². The van der Waals surface area contributed by atoms with Crippen molar-refractivity contribution in [2.24, 2.45) is 0 Å². The summed E-state index contributed by atoms with van der Waals surface area (Å²) in [5.41, 5.74) is 0. The van der Waals surface area contributed by atoms with Crippen LogP contribution in [0.15, 0.2) is 64.4 Å². The average molecular weight is 268 g/mol. The second-order valence-electron chi connectivity index (χ2n) is 3.30. The molecule has 2 aromatic rings. The zero-order chi connectivity index (χ0) is 12.3. The summed E-state index contributed by atoms with van der Waals surface area (Å²) in [7, 11) is -2.73. The summed E-state index contributed by atoms with van der Waals surface area (Å²) in [6, 6.07) is 13.6. The van der Waals surface area contributed by atoms with E-state index in [1.165, 1.54) is 12.1 Å². The van der Waals surface area contributed by atoms with Gasteiger partial charge in [-0.1, -0.05) is 18.2 Å². The lowest BCUT2D eigenvalue weighted by Gasteiger charge is -2.03. The molecule has 0 atom stereocenters. The summed E-state index contributed by atoms with van der Waals surface area (Å²) in [6.07, 6.45) is 0. The minimum absolute atomic E-state index is 0.104. The van der Waals surface area contributed by atoms with Crippen LogP contribution in [0.1, 0.15) is 0 Å². The molecule has 0 radical (unpaired) electrons. The monoisotopic (exact) mass is 268 g/mol. The molecule has 0 aliphatic rings. The fourth-order valence-electron chi connectivity index (χ4n) is 1.25. The molecule has 0 saturated heterocycles. The average Bonchev–Trinajstić information content (AvgIpc) is 2.30. The molecule has 0 spiro atoms. The Bertz CT molecular complexity index is 592. The molecule has 2 aromatic carbocycles. The van der Waals surface area contributed by atoms with Gasteiger partial charge in [0.15, 0.2) is 0 Å². The fraction of sp³-hybridized carbons (Fsp3) is 0. The van der Waals surface area contributed by atoms with E-state index in [1.807, 2.05) is 6.07 Å². The summed E-state index contributed by atoms with van der Waals surface area (Å²) < 4.78 is 36.6. The summed E-state index contributed by atoms with van der Waals surface area (Å²) >= 11 is 0. The first-order chi connectivity index (χ1) is 8.08. The van der Waals surface area contributed by atoms with Crippen molar-refractivity contribution in [1.82, 2.24) is 0 Å². The number of benzene rings is 2. The molecule has 0 aliphatic heterocycles. The summed E-state index contributed by atoms with van der Waals surface area (Å²) in [6.45, 7) is 0. The van der Waals surface area contributed by atoms with E-state index in [4.69, 9.17) is 0 Å². The van der Waals surface area contributed by atoms with Crippen LogP contribution in [0.3, 0.4) is 0 Å². The molecule has 5 heteroatoms. The molecule has 0 heterocycles. The van der Waals surface area contributed by atoms with E-state index in [0.29, 0.717) is 4.90 Å². The number of rotatable bonds is 3. The molecule has 88 valence electrons. The Morgan fingerprint density at radius 2 is 1.47 bits per heavy atom. The third-order valence-electron chi connectivity index (χ3n) is 2.05. The topological polar surface area (TPSA) is 34.1 Å². The van der Waals surface area contributed by atoms with E-state index < -0.39 is 14.7 Å². The van der Waals surface area contributed by atoms with Gasteiger partial charge in [-0.05, 0) is 36.4 Å². The molecular formula is C12H9FO2S2. The van der Waals surface area contributed by atoms with Gasteiger partial charge in [-0.15, -0.1) is 0 Å². The van der Waals surface area contributed by atoms with Crippen molar-refractivity contribution < 1.29 is 12.8 Å². The van der Waals surface area contributed by atoms with Crippen molar-refractivity contribution in [1.29, 1.82) is 0 Å². The van der Waals surface area contributed by atoms with Gasteiger partial charge in [0.2, 0.25) is 8.87 Å². The molecule has 17 heavy (non-hydrogen) atoms. The highest BCUT2D eigenvalue weighted by Crippen LogP contribution is 2.30. The van der Waals surface area contributed by atoms with Crippen molar-refractivity contribution in [3.05, 3.63) is 60.4 Å². The molecule has 0 aliphatic carbocycles. The van der Waals surface area contributed by atoms with Crippen LogP contribution in [0.5, 0.6) is 0 Å². The quantitative estimate of drug-likeness (QED) is 0.801. The van der Waals surface area contributed by atoms with Gasteiger partial charge >= 0.3 is 0 Å². The van der Waals surface area contributed by atoms with E-state index in [-0.39, 0.29) is 4.90 Å². The molecule has 0 aromatic heterocycles. The normalized spacial score (nSPS) is 11.4. The summed E-state index contributed by atoms with van der Waals surface area (Å²) in [5, 5.41) is 0. The molecule has 0 saturated carbocycles. The highest BCUT2D eigenvalue weighted by molar-refractivity contribution is 8.72. The van der Waals surface area contributed by atoms with Crippen LogP contribution in [0, 0.1) is 5.82 Å². The molecule has 0 N–H and O–H groups in total. The number of hydrogen-bond acceptors (Lipinski definition) is 3. The van der Waals surface area contributed by atoms with Crippen LogP contribution >= 0.6 is 10.8 Å². The summed E-state index contributed by atoms with van der Waals surface area (Å²) in [4.78, 5) is 0.740. The Morgan fingerprint density at radius 3 is 2.06 bits per heavy atom. The lowest BCUT2D eigenvalue weighted by atomic mass is 10.4. The highest BCUT2D eigenvalue weighted by Gasteiger charge is 2.16. The van der Waals surface area contributed by atoms with Gasteiger partial charge in [0.25, 0.3) is 0 Å². The van der Waals surface area contributed by atoms with Crippen molar-refractivity contribution in [3.63, 3.8) is 0 Å². The van der Waals surface area contributed by atoms with E-state index in [1.54, 1.807) is 24.3 Å². The molecule has 2 nitrogen and oxygen atoms in total. The van der Waals surface area contributed by atoms with Crippen molar-refractivity contribution in [3.8, 4) is 0 Å². The van der Waals surface area contributed by atoms with Gasteiger partial charge < -0.3 is 0 Å². The second kappa shape index (κ2) is 4.89. The zero-order valence-electron chi connectivity index (χ0n) is 8.71. The Balaban J connectivity index is 2.29. The predicted octanol–water partition coefficient (Wildman–Crippen LogP) is 3.31. The molecule has 0 bridgehead atoms. The first-order valence-corrected chi connectivity index (χ1v) is 7.65. The minimum atomic E-state index is -3.48. The Kier molecular flexibility index (Phi) is 3.49. The lowest BCUT2D eigenvalue weighted by molar-refractivity contribution is 0.608. The highest BCUT2D eigenvalue weighted by atomic mass is 33.1. The maximum atomic E-state index is 12.7. The molecular weight excluding hydrogens is 259 g/mol. The SMILES string of the molecule is O=S(=O)(Sc1ccccc1)c1ccc(F)cc1. The standard InChI is InChI=1S/C12H9FO2S2/c13-10-6-8-12(9-7-10)17(14,15)16-11-4-2-1-3-5-11/h1-9H. The Hall–Kier alpha value is -1.33. The number of hydrogen-bond donors (Lipinski definition) is 0. The third-order valence-corrected chi connectivity index (χ3v) is 5.40. The van der Waals surface area contributed by atoms with Crippen LogP contribution in [0.4, 0.5) is 4.39 Å². The van der Waals surface area contributed by atoms with Crippen LogP contribution in [0.25, 0.3) is 0 Å². The largest absolute Gasteiger partial charge is 0.234 e. The molecule has 0 fully saturated rings. The smallest absolute Gasteiger partial charge is 0.212 e. The van der Waals surface area contributed by atoms with Crippen LogP contribution in [0.2, 0.25) is 0 Å². The summed E-state index contributed by atoms with van der Waals surface area (Å²) in [5.74, 6) is -0.450. The van der Waals surface area contributed by atoms with E-state index in [2.05, 4.69) is 0 Å². The molecule has 0 unspecified atom stereocenters. The lowest BCUT2D eigenvalue weighted by Crippen LogP contribution is -1.94. The Morgan fingerprint density at radius 1 is 0.882 bits per heavy atom. The second-order valence-corrected chi connectivity index (χ2v) is 7.14. The first-order valence-electron chi connectivity index (χ1n) is 4.83. The van der Waals surface area contributed by atoms with Crippen molar-refractivity contribution in [2.45, 2.75) is 9.79 Å². The third kappa shape index (κ3) is 3.08. The van der Waals surface area contributed by atoms with Crippen molar-refractivity contribution in [2.75, 3.05) is 0 Å². The maximum absolute atomic E-state index is 12.7. The van der Waals surface area contributed by atoms with Crippen LogP contribution < -0.4 is 0 Å². The minimum Gasteiger partial charge on any atom is -0.212 e. The maximum Gasteiger partial charge on any atom is 0.234 e. The van der Waals surface area contributed by atoms with E-state index in [9.17, 15) is 12.8 Å².